The lowest BCUT2D eigenvalue weighted by molar-refractivity contribution is 0.210. The number of fused-ring (bicyclic) bond motifs is 1. The highest BCUT2D eigenvalue weighted by atomic mass is 35.5. The van der Waals surface area contributed by atoms with Crippen LogP contribution < -0.4 is 10.3 Å². The van der Waals surface area contributed by atoms with Crippen molar-refractivity contribution < 1.29 is 4.74 Å². The van der Waals surface area contributed by atoms with Crippen LogP contribution in [0.1, 0.15) is 31.5 Å². The first kappa shape index (κ1) is 21.2. The van der Waals surface area contributed by atoms with Crippen LogP contribution in [0.2, 0.25) is 10.0 Å². The number of nitrogens with zero attached hydrogens (tertiary/aromatic N) is 5. The van der Waals surface area contributed by atoms with E-state index in [9.17, 15) is 4.79 Å². The average Bonchev–Trinajstić information content (AvgIpc) is 3.35. The largest absolute Gasteiger partial charge is 0.481 e. The number of hydrogen-bond donors (Lipinski definition) is 0. The minimum absolute atomic E-state index is 0.0867. The van der Waals surface area contributed by atoms with Gasteiger partial charge in [0.2, 0.25) is 0 Å². The van der Waals surface area contributed by atoms with Gasteiger partial charge < -0.3 is 9.30 Å². The van der Waals surface area contributed by atoms with Crippen LogP contribution in [0.5, 0.6) is 5.75 Å². The number of rotatable bonds is 7. The summed E-state index contributed by atoms with van der Waals surface area (Å²) in [7, 11) is 0. The van der Waals surface area contributed by atoms with E-state index in [0.717, 1.165) is 5.16 Å². The fourth-order valence-electron chi connectivity index (χ4n) is 2.92. The normalized spacial score (nSPS) is 12.4. The van der Waals surface area contributed by atoms with Crippen molar-refractivity contribution in [3.63, 3.8) is 0 Å². The highest BCUT2D eigenvalue weighted by molar-refractivity contribution is 7.98. The Hall–Kier alpha value is -2.07. The van der Waals surface area contributed by atoms with E-state index < -0.39 is 0 Å². The molecule has 11 heteroatoms. The van der Waals surface area contributed by atoms with Gasteiger partial charge in [-0.3, -0.25) is 9.20 Å². The van der Waals surface area contributed by atoms with Crippen LogP contribution in [0, 0.1) is 0 Å². The van der Waals surface area contributed by atoms with Crippen molar-refractivity contribution in [3.05, 3.63) is 67.8 Å². The van der Waals surface area contributed by atoms with Crippen molar-refractivity contribution >= 4 is 51.3 Å². The Balaban J connectivity index is 1.51. The second-order valence-corrected chi connectivity index (χ2v) is 9.01. The number of ether oxygens (including phenoxy) is 1. The summed E-state index contributed by atoms with van der Waals surface area (Å²) < 4.78 is 9.50. The molecule has 1 unspecified atom stereocenters. The molecule has 0 amide bonds. The summed E-state index contributed by atoms with van der Waals surface area (Å²) in [5.74, 6) is 1.73. The van der Waals surface area contributed by atoms with Gasteiger partial charge >= 0.3 is 0 Å². The van der Waals surface area contributed by atoms with Crippen molar-refractivity contribution in [2.45, 2.75) is 37.4 Å². The van der Waals surface area contributed by atoms with Crippen molar-refractivity contribution in [2.24, 2.45) is 0 Å². The number of halogens is 2. The zero-order chi connectivity index (χ0) is 21.3. The molecule has 0 fully saturated rings. The summed E-state index contributed by atoms with van der Waals surface area (Å²) in [5, 5.41) is 12.2. The molecule has 1 aromatic carbocycles. The summed E-state index contributed by atoms with van der Waals surface area (Å²) in [5.41, 5.74) is 0.619. The molecule has 0 spiro atoms. The van der Waals surface area contributed by atoms with Crippen LogP contribution in [0.25, 0.3) is 4.96 Å². The molecule has 0 bridgehead atoms. The van der Waals surface area contributed by atoms with Gasteiger partial charge in [-0.25, -0.2) is 4.98 Å². The van der Waals surface area contributed by atoms with Crippen molar-refractivity contribution in [3.8, 4) is 5.75 Å². The van der Waals surface area contributed by atoms with Gasteiger partial charge in [-0.1, -0.05) is 35.0 Å². The third-order valence-electron chi connectivity index (χ3n) is 4.33. The predicted molar refractivity (Wildman–Crippen MR) is 120 cm³/mol. The third-order valence-corrected chi connectivity index (χ3v) is 6.62. The Kier molecular flexibility index (Phi) is 6.33. The fraction of sp³-hybridized carbons (Fsp3) is 0.263. The first-order valence-corrected chi connectivity index (χ1v) is 11.7. The highest BCUT2D eigenvalue weighted by Crippen LogP contribution is 2.32. The van der Waals surface area contributed by atoms with Crippen LogP contribution in [0.4, 0.5) is 0 Å². The van der Waals surface area contributed by atoms with E-state index in [1.165, 1.54) is 27.5 Å². The summed E-state index contributed by atoms with van der Waals surface area (Å²) in [4.78, 5) is 17.4. The number of aromatic nitrogens is 5. The molecule has 0 saturated heterocycles. The van der Waals surface area contributed by atoms with Gasteiger partial charge in [0, 0.05) is 35.0 Å². The molecule has 7 nitrogen and oxygen atoms in total. The SMILES string of the molecule is CCn1c(SCc2cc(=O)n3ccsc3n2)nnc1C(C)Oc1ccc(Cl)cc1Cl. The number of hydrogen-bond acceptors (Lipinski definition) is 7. The van der Waals surface area contributed by atoms with Crippen molar-refractivity contribution in [1.82, 2.24) is 24.1 Å². The van der Waals surface area contributed by atoms with E-state index in [4.69, 9.17) is 27.9 Å². The van der Waals surface area contributed by atoms with E-state index in [0.29, 0.717) is 44.6 Å². The Morgan fingerprint density at radius 1 is 1.27 bits per heavy atom. The quantitative estimate of drug-likeness (QED) is 0.341. The number of benzene rings is 1. The Bertz CT molecular complexity index is 1250. The maximum Gasteiger partial charge on any atom is 0.258 e. The molecule has 3 heterocycles. The maximum absolute atomic E-state index is 12.2. The van der Waals surface area contributed by atoms with Gasteiger partial charge in [-0.2, -0.15) is 0 Å². The monoisotopic (exact) mass is 481 g/mol. The van der Waals surface area contributed by atoms with Crippen LogP contribution in [0.15, 0.2) is 45.8 Å². The zero-order valence-electron chi connectivity index (χ0n) is 16.1. The molecule has 4 aromatic rings. The molecular formula is C19H17Cl2N5O2S2. The van der Waals surface area contributed by atoms with Crippen LogP contribution in [-0.2, 0) is 12.3 Å². The molecule has 0 saturated carbocycles. The molecule has 0 aliphatic heterocycles. The minimum Gasteiger partial charge on any atom is -0.481 e. The molecule has 0 N–H and O–H groups in total. The molecule has 0 aliphatic carbocycles. The third kappa shape index (κ3) is 4.34. The van der Waals surface area contributed by atoms with E-state index in [1.54, 1.807) is 30.5 Å². The lowest BCUT2D eigenvalue weighted by Crippen LogP contribution is -2.13. The fourth-order valence-corrected chi connectivity index (χ4v) is 5.01. The molecule has 0 aliphatic rings. The lowest BCUT2D eigenvalue weighted by atomic mass is 10.3. The summed E-state index contributed by atoms with van der Waals surface area (Å²) >= 11 is 15.1. The summed E-state index contributed by atoms with van der Waals surface area (Å²) in [6, 6.07) is 6.64. The smallest absolute Gasteiger partial charge is 0.258 e. The van der Waals surface area contributed by atoms with Crippen LogP contribution in [-0.4, -0.2) is 24.1 Å². The number of thioether (sulfide) groups is 1. The summed E-state index contributed by atoms with van der Waals surface area (Å²) in [6.45, 7) is 4.58. The molecule has 156 valence electrons. The minimum atomic E-state index is -0.365. The van der Waals surface area contributed by atoms with Crippen LogP contribution >= 0.6 is 46.3 Å². The van der Waals surface area contributed by atoms with Gasteiger partial charge in [0.05, 0.1) is 10.7 Å². The van der Waals surface area contributed by atoms with Crippen molar-refractivity contribution in [1.29, 1.82) is 0 Å². The second kappa shape index (κ2) is 8.97. The molecular weight excluding hydrogens is 465 g/mol. The molecule has 1 atom stereocenters. The van der Waals surface area contributed by atoms with E-state index in [-0.39, 0.29) is 11.7 Å². The molecule has 30 heavy (non-hydrogen) atoms. The molecule has 3 aromatic heterocycles. The predicted octanol–water partition coefficient (Wildman–Crippen LogP) is 5.11. The first-order valence-electron chi connectivity index (χ1n) is 9.09. The maximum atomic E-state index is 12.2. The second-order valence-electron chi connectivity index (χ2n) is 6.35. The van der Waals surface area contributed by atoms with E-state index in [1.807, 2.05) is 23.8 Å². The van der Waals surface area contributed by atoms with Gasteiger partial charge in [0.15, 0.2) is 22.0 Å². The van der Waals surface area contributed by atoms with Gasteiger partial charge in [-0.15, -0.1) is 21.5 Å². The standard InChI is InChI=1S/C19H17Cl2N5O2S2/c1-3-25-17(11(2)28-15-5-4-12(20)8-14(15)21)23-24-19(25)30-10-13-9-16(27)26-6-7-29-18(26)22-13/h4-9,11H,3,10H2,1-2H3. The Morgan fingerprint density at radius 3 is 2.87 bits per heavy atom. The van der Waals surface area contributed by atoms with Crippen molar-refractivity contribution in [2.75, 3.05) is 0 Å². The van der Waals surface area contributed by atoms with E-state index in [2.05, 4.69) is 15.2 Å². The van der Waals surface area contributed by atoms with Gasteiger partial charge in [-0.05, 0) is 32.0 Å². The Morgan fingerprint density at radius 2 is 2.10 bits per heavy atom. The van der Waals surface area contributed by atoms with Crippen LogP contribution in [0.3, 0.4) is 0 Å². The molecule has 0 radical (unpaired) electrons. The van der Waals surface area contributed by atoms with Gasteiger partial charge in [0.1, 0.15) is 5.75 Å². The topological polar surface area (TPSA) is 74.3 Å². The Labute approximate surface area is 190 Å². The highest BCUT2D eigenvalue weighted by Gasteiger charge is 2.20. The zero-order valence-corrected chi connectivity index (χ0v) is 19.2. The average molecular weight is 482 g/mol. The lowest BCUT2D eigenvalue weighted by Gasteiger charge is -2.16. The summed E-state index contributed by atoms with van der Waals surface area (Å²) in [6.07, 6.45) is 1.36. The van der Waals surface area contributed by atoms with E-state index >= 15 is 0 Å². The first-order chi connectivity index (χ1) is 14.5. The van der Waals surface area contributed by atoms with Gasteiger partial charge in [0.25, 0.3) is 5.56 Å². The number of thiazole rings is 1. The molecule has 4 rings (SSSR count).